The highest BCUT2D eigenvalue weighted by Gasteiger charge is 2.04. The molecule has 0 aromatic heterocycles. The third-order valence-corrected chi connectivity index (χ3v) is 3.82. The van der Waals surface area contributed by atoms with Gasteiger partial charge in [0.2, 0.25) is 0 Å². The van der Waals surface area contributed by atoms with Crippen LogP contribution in [0, 0.1) is 0 Å². The molecule has 1 N–H and O–H groups in total. The van der Waals surface area contributed by atoms with Crippen LogP contribution in [-0.2, 0) is 0 Å². The molecule has 0 atom stereocenters. The smallest absolute Gasteiger partial charge is 0.0910 e. The molecule has 0 spiro atoms. The quantitative estimate of drug-likeness (QED) is 0.482. The topological polar surface area (TPSA) is 52.4 Å². The van der Waals surface area contributed by atoms with Gasteiger partial charge in [-0.3, -0.25) is 9.98 Å². The lowest BCUT2D eigenvalue weighted by Crippen LogP contribution is -2.28. The first-order chi connectivity index (χ1) is 12.1. The van der Waals surface area contributed by atoms with Gasteiger partial charge in [-0.2, -0.15) is 0 Å². The first kappa shape index (κ1) is 20.9. The van der Waals surface area contributed by atoms with Crippen LogP contribution >= 0.6 is 0 Å². The van der Waals surface area contributed by atoms with Gasteiger partial charge in [-0.25, -0.2) is 4.99 Å². The second-order valence-corrected chi connectivity index (χ2v) is 6.06. The highest BCUT2D eigenvalue weighted by atomic mass is 15.1. The molecule has 0 amide bonds. The fraction of sp³-hybridized carbons (Fsp3) is 0.550. The van der Waals surface area contributed by atoms with E-state index in [0.717, 1.165) is 61.6 Å². The summed E-state index contributed by atoms with van der Waals surface area (Å²) < 4.78 is 0. The Labute approximate surface area is 153 Å². The minimum Gasteiger partial charge on any atom is -0.382 e. The fourth-order valence-corrected chi connectivity index (χ4v) is 2.35. The number of nitrogens with zero attached hydrogens (tertiary/aromatic N) is 4. The van der Waals surface area contributed by atoms with Crippen LogP contribution < -0.4 is 5.32 Å². The van der Waals surface area contributed by atoms with Gasteiger partial charge in [0.25, 0.3) is 0 Å². The summed E-state index contributed by atoms with van der Waals surface area (Å²) in [5.74, 6) is 0. The number of likely N-dealkylation sites (N-methyl/N-ethyl adjacent to an activating group) is 1. The Morgan fingerprint density at radius 2 is 2.16 bits per heavy atom. The van der Waals surface area contributed by atoms with Gasteiger partial charge in [0.1, 0.15) is 0 Å². The molecule has 0 unspecified atom stereocenters. The number of aliphatic imine (C=N–C) groups is 3. The van der Waals surface area contributed by atoms with Gasteiger partial charge >= 0.3 is 0 Å². The molecule has 0 aliphatic carbocycles. The van der Waals surface area contributed by atoms with Gasteiger partial charge < -0.3 is 10.2 Å². The van der Waals surface area contributed by atoms with E-state index in [0.29, 0.717) is 0 Å². The van der Waals surface area contributed by atoms with E-state index in [-0.39, 0.29) is 0 Å². The molecule has 25 heavy (non-hydrogen) atoms. The highest BCUT2D eigenvalue weighted by molar-refractivity contribution is 5.99. The van der Waals surface area contributed by atoms with Crippen LogP contribution in [0.2, 0.25) is 0 Å². The number of unbranched alkanes of at least 4 members (excludes halogenated alkanes) is 1. The number of hydrogen-bond donors (Lipinski definition) is 1. The molecule has 138 valence electrons. The van der Waals surface area contributed by atoms with E-state index in [1.54, 1.807) is 7.05 Å². The minimum absolute atomic E-state index is 0.845. The van der Waals surface area contributed by atoms with E-state index in [1.807, 2.05) is 26.5 Å². The number of rotatable bonds is 10. The largest absolute Gasteiger partial charge is 0.382 e. The van der Waals surface area contributed by atoms with Gasteiger partial charge in [0.15, 0.2) is 0 Å². The Balaban J connectivity index is 2.50. The molecular formula is C20H33N5. The van der Waals surface area contributed by atoms with Crippen LogP contribution in [0.4, 0.5) is 0 Å². The third kappa shape index (κ3) is 8.47. The van der Waals surface area contributed by atoms with Crippen LogP contribution in [0.3, 0.4) is 0 Å². The average molecular weight is 344 g/mol. The summed E-state index contributed by atoms with van der Waals surface area (Å²) in [6, 6.07) is 0. The molecule has 0 radical (unpaired) electrons. The highest BCUT2D eigenvalue weighted by Crippen LogP contribution is 2.14. The van der Waals surface area contributed by atoms with Crippen LogP contribution in [0.1, 0.15) is 46.5 Å². The number of hydrogen-bond acceptors (Lipinski definition) is 4. The molecule has 5 nitrogen and oxygen atoms in total. The Bertz CT molecular complexity index is 579. The molecule has 0 bridgehead atoms. The summed E-state index contributed by atoms with van der Waals surface area (Å²) in [7, 11) is 3.83. The molecule has 0 saturated heterocycles. The first-order valence-corrected chi connectivity index (χ1v) is 9.16. The predicted molar refractivity (Wildman–Crippen MR) is 111 cm³/mol. The SMILES string of the molecule is CCC/C=C(\C=N/C)NCCN(C)/C=N\C1=CCC=C(CC)N=C1C. The van der Waals surface area contributed by atoms with E-state index in [1.165, 1.54) is 0 Å². The van der Waals surface area contributed by atoms with Gasteiger partial charge in [-0.1, -0.05) is 38.5 Å². The molecular weight excluding hydrogens is 310 g/mol. The first-order valence-electron chi connectivity index (χ1n) is 9.16. The zero-order chi connectivity index (χ0) is 18.5. The predicted octanol–water partition coefficient (Wildman–Crippen LogP) is 3.96. The lowest BCUT2D eigenvalue weighted by molar-refractivity contribution is 0.511. The molecule has 0 aromatic carbocycles. The lowest BCUT2D eigenvalue weighted by atomic mass is 10.2. The summed E-state index contributed by atoms with van der Waals surface area (Å²) in [6.45, 7) is 8.04. The molecule has 1 aliphatic rings. The maximum Gasteiger partial charge on any atom is 0.0910 e. The molecule has 0 fully saturated rings. The number of nitrogens with one attached hydrogen (secondary N) is 1. The third-order valence-electron chi connectivity index (χ3n) is 3.82. The average Bonchev–Trinajstić information content (AvgIpc) is 2.78. The molecule has 5 heteroatoms. The molecule has 0 saturated carbocycles. The van der Waals surface area contributed by atoms with Crippen molar-refractivity contribution in [1.82, 2.24) is 10.2 Å². The number of allylic oxidation sites excluding steroid dienone is 6. The van der Waals surface area contributed by atoms with Crippen molar-refractivity contribution in [2.45, 2.75) is 46.5 Å². The van der Waals surface area contributed by atoms with E-state index in [2.05, 4.69) is 57.3 Å². The van der Waals surface area contributed by atoms with Crippen LogP contribution in [0.15, 0.2) is 50.3 Å². The summed E-state index contributed by atoms with van der Waals surface area (Å²) in [6.07, 6.45) is 14.3. The van der Waals surface area contributed by atoms with Gasteiger partial charge in [0, 0.05) is 44.8 Å². The molecule has 1 aliphatic heterocycles. The van der Waals surface area contributed by atoms with Crippen LogP contribution in [0.5, 0.6) is 0 Å². The van der Waals surface area contributed by atoms with Crippen molar-refractivity contribution in [1.29, 1.82) is 0 Å². The zero-order valence-corrected chi connectivity index (χ0v) is 16.4. The van der Waals surface area contributed by atoms with Crippen LogP contribution in [0.25, 0.3) is 0 Å². The van der Waals surface area contributed by atoms with Gasteiger partial charge in [-0.15, -0.1) is 0 Å². The van der Waals surface area contributed by atoms with E-state index in [4.69, 9.17) is 0 Å². The van der Waals surface area contributed by atoms with Gasteiger partial charge in [0.05, 0.1) is 17.7 Å². The normalized spacial score (nSPS) is 15.9. The maximum absolute atomic E-state index is 4.63. The van der Waals surface area contributed by atoms with Crippen LogP contribution in [-0.4, -0.2) is 50.3 Å². The van der Waals surface area contributed by atoms with Crippen molar-refractivity contribution in [3.05, 3.63) is 35.3 Å². The molecule has 0 aromatic rings. The van der Waals surface area contributed by atoms with E-state index in [9.17, 15) is 0 Å². The van der Waals surface area contributed by atoms with Crippen molar-refractivity contribution in [2.75, 3.05) is 27.2 Å². The molecule has 1 heterocycles. The maximum atomic E-state index is 4.63. The van der Waals surface area contributed by atoms with Crippen molar-refractivity contribution in [3.63, 3.8) is 0 Å². The van der Waals surface area contributed by atoms with Crippen molar-refractivity contribution in [2.24, 2.45) is 15.0 Å². The summed E-state index contributed by atoms with van der Waals surface area (Å²) in [5.41, 5.74) is 4.17. The molecule has 1 rings (SSSR count). The fourth-order valence-electron chi connectivity index (χ4n) is 2.35. The second-order valence-electron chi connectivity index (χ2n) is 6.06. The monoisotopic (exact) mass is 343 g/mol. The Hall–Kier alpha value is -2.17. The van der Waals surface area contributed by atoms with Crippen molar-refractivity contribution >= 4 is 18.3 Å². The zero-order valence-electron chi connectivity index (χ0n) is 16.4. The summed E-state index contributed by atoms with van der Waals surface area (Å²) in [5, 5.41) is 3.42. The Morgan fingerprint density at radius 3 is 2.84 bits per heavy atom. The van der Waals surface area contributed by atoms with E-state index < -0.39 is 0 Å². The standard InChI is InChI=1S/C20H33N5/c1-6-8-10-19(15-21-4)22-13-14-25(5)16-23-20-12-9-11-18(7-2)24-17(20)3/h10-12,15-16,22H,6-9,13-14H2,1-5H3/b19-10+,21-15-,23-16-. The summed E-state index contributed by atoms with van der Waals surface area (Å²) in [4.78, 5) is 15.4. The minimum atomic E-state index is 0.845. The Morgan fingerprint density at radius 1 is 1.36 bits per heavy atom. The van der Waals surface area contributed by atoms with Crippen molar-refractivity contribution in [3.8, 4) is 0 Å². The van der Waals surface area contributed by atoms with E-state index >= 15 is 0 Å². The Kier molecular flexibility index (Phi) is 10.2. The van der Waals surface area contributed by atoms with Crippen molar-refractivity contribution < 1.29 is 0 Å². The van der Waals surface area contributed by atoms with Gasteiger partial charge in [-0.05, 0) is 26.2 Å². The second kappa shape index (κ2) is 12.2. The summed E-state index contributed by atoms with van der Waals surface area (Å²) >= 11 is 0. The lowest BCUT2D eigenvalue weighted by Gasteiger charge is -2.15.